The molecule has 0 saturated heterocycles. The molecule has 20 heavy (non-hydrogen) atoms. The summed E-state index contributed by atoms with van der Waals surface area (Å²) in [6.45, 7) is 0. The van der Waals surface area contributed by atoms with E-state index in [9.17, 15) is 8.42 Å². The maximum atomic E-state index is 11.4. The van der Waals surface area contributed by atoms with Gasteiger partial charge < -0.3 is 5.73 Å². The molecule has 2 aromatic heterocycles. The van der Waals surface area contributed by atoms with Crippen LogP contribution in [0, 0.1) is 0 Å². The summed E-state index contributed by atoms with van der Waals surface area (Å²) < 4.78 is 24.4. The second kappa shape index (κ2) is 4.31. The third-order valence-electron chi connectivity index (χ3n) is 3.05. The van der Waals surface area contributed by atoms with Crippen molar-refractivity contribution < 1.29 is 8.42 Å². The maximum absolute atomic E-state index is 11.4. The van der Waals surface area contributed by atoms with Gasteiger partial charge >= 0.3 is 0 Å². The first-order valence-corrected chi connectivity index (χ1v) is 7.75. The van der Waals surface area contributed by atoms with Crippen LogP contribution in [0.1, 0.15) is 0 Å². The average molecular weight is 288 g/mol. The van der Waals surface area contributed by atoms with Crippen molar-refractivity contribution in [3.8, 4) is 11.1 Å². The Morgan fingerprint density at radius 1 is 1.15 bits per heavy atom. The molecule has 0 aliphatic heterocycles. The maximum Gasteiger partial charge on any atom is 0.175 e. The molecule has 3 aromatic rings. The molecule has 0 amide bonds. The Balaban J connectivity index is 2.13. The number of hydrogen-bond acceptors (Lipinski definition) is 5. The Labute approximate surface area is 115 Å². The fraction of sp³-hybridized carbons (Fsp3) is 0.0769. The molecule has 0 fully saturated rings. The Morgan fingerprint density at radius 2 is 1.85 bits per heavy atom. The van der Waals surface area contributed by atoms with Gasteiger partial charge in [-0.2, -0.15) is 9.61 Å². The molecular weight excluding hydrogens is 276 g/mol. The molecule has 0 bridgehead atoms. The van der Waals surface area contributed by atoms with E-state index in [4.69, 9.17) is 5.73 Å². The molecule has 1 aromatic carbocycles. The van der Waals surface area contributed by atoms with Gasteiger partial charge in [0.2, 0.25) is 0 Å². The van der Waals surface area contributed by atoms with Gasteiger partial charge in [0.05, 0.1) is 11.1 Å². The predicted octanol–water partition coefficient (Wildman–Crippen LogP) is 1.38. The van der Waals surface area contributed by atoms with Crippen molar-refractivity contribution in [2.24, 2.45) is 0 Å². The zero-order valence-corrected chi connectivity index (χ0v) is 11.5. The van der Waals surface area contributed by atoms with Crippen LogP contribution in [0.4, 0.5) is 5.82 Å². The minimum absolute atomic E-state index is 0.271. The SMILES string of the molecule is CS(=O)(=O)c1ccc(-c2cnc3ccnn3c2N)cc1. The minimum Gasteiger partial charge on any atom is -0.383 e. The van der Waals surface area contributed by atoms with Crippen LogP contribution < -0.4 is 5.73 Å². The van der Waals surface area contributed by atoms with Crippen LogP contribution in [-0.4, -0.2) is 29.3 Å². The van der Waals surface area contributed by atoms with E-state index in [0.29, 0.717) is 17.0 Å². The number of nitrogens with zero attached hydrogens (tertiary/aromatic N) is 3. The Kier molecular flexibility index (Phi) is 2.72. The average Bonchev–Trinajstić information content (AvgIpc) is 2.88. The number of nitrogens with two attached hydrogens (primary N) is 1. The van der Waals surface area contributed by atoms with Crippen molar-refractivity contribution >= 4 is 21.3 Å². The zero-order chi connectivity index (χ0) is 14.3. The first-order chi connectivity index (χ1) is 9.47. The third-order valence-corrected chi connectivity index (χ3v) is 4.17. The van der Waals surface area contributed by atoms with E-state index in [0.717, 1.165) is 5.56 Å². The standard InChI is InChI=1S/C13H12N4O2S/c1-20(18,19)10-4-2-9(3-5-10)11-8-15-12-6-7-16-17(12)13(11)14/h2-8H,14H2,1H3. The van der Waals surface area contributed by atoms with Crippen molar-refractivity contribution in [1.29, 1.82) is 0 Å². The summed E-state index contributed by atoms with van der Waals surface area (Å²) in [5, 5.41) is 4.09. The molecule has 7 heteroatoms. The highest BCUT2D eigenvalue weighted by Gasteiger charge is 2.10. The highest BCUT2D eigenvalue weighted by atomic mass is 32.2. The molecule has 2 N–H and O–H groups in total. The van der Waals surface area contributed by atoms with E-state index in [1.165, 1.54) is 6.26 Å². The number of nitrogen functional groups attached to an aromatic ring is 1. The summed E-state index contributed by atoms with van der Waals surface area (Å²) in [7, 11) is -3.20. The number of anilines is 1. The van der Waals surface area contributed by atoms with Gasteiger partial charge in [-0.15, -0.1) is 0 Å². The van der Waals surface area contributed by atoms with Crippen molar-refractivity contribution in [1.82, 2.24) is 14.6 Å². The summed E-state index contributed by atoms with van der Waals surface area (Å²) in [6, 6.07) is 8.28. The largest absolute Gasteiger partial charge is 0.383 e. The van der Waals surface area contributed by atoms with Crippen LogP contribution in [0.3, 0.4) is 0 Å². The smallest absolute Gasteiger partial charge is 0.175 e. The summed E-state index contributed by atoms with van der Waals surface area (Å²) in [5.41, 5.74) is 8.23. The molecule has 0 aliphatic rings. The van der Waals surface area contributed by atoms with E-state index >= 15 is 0 Å². The number of hydrogen-bond donors (Lipinski definition) is 1. The number of sulfone groups is 1. The van der Waals surface area contributed by atoms with Crippen LogP contribution in [0.5, 0.6) is 0 Å². The van der Waals surface area contributed by atoms with Crippen molar-refractivity contribution in [2.75, 3.05) is 12.0 Å². The Bertz CT molecular complexity index is 882. The number of benzene rings is 1. The van der Waals surface area contributed by atoms with Crippen LogP contribution >= 0.6 is 0 Å². The number of aromatic nitrogens is 3. The van der Waals surface area contributed by atoms with Crippen molar-refractivity contribution in [3.05, 3.63) is 42.7 Å². The van der Waals surface area contributed by atoms with Gasteiger partial charge in [0.25, 0.3) is 0 Å². The van der Waals surface area contributed by atoms with E-state index in [2.05, 4.69) is 10.1 Å². The highest BCUT2D eigenvalue weighted by molar-refractivity contribution is 7.90. The second-order valence-electron chi connectivity index (χ2n) is 4.45. The molecule has 0 aliphatic carbocycles. The van der Waals surface area contributed by atoms with E-state index in [1.807, 2.05) is 0 Å². The van der Waals surface area contributed by atoms with Gasteiger partial charge in [0.1, 0.15) is 5.82 Å². The van der Waals surface area contributed by atoms with Crippen molar-refractivity contribution in [2.45, 2.75) is 4.90 Å². The molecule has 0 spiro atoms. The number of rotatable bonds is 2. The first-order valence-electron chi connectivity index (χ1n) is 5.85. The van der Waals surface area contributed by atoms with Gasteiger partial charge in [0.15, 0.2) is 15.5 Å². The highest BCUT2D eigenvalue weighted by Crippen LogP contribution is 2.26. The summed E-state index contributed by atoms with van der Waals surface area (Å²) in [6.07, 6.45) is 4.45. The van der Waals surface area contributed by atoms with Crippen molar-refractivity contribution in [3.63, 3.8) is 0 Å². The third kappa shape index (κ3) is 2.01. The molecule has 3 rings (SSSR count). The quantitative estimate of drug-likeness (QED) is 0.769. The lowest BCUT2D eigenvalue weighted by molar-refractivity contribution is 0.602. The Hall–Kier alpha value is -2.41. The lowest BCUT2D eigenvalue weighted by atomic mass is 10.1. The van der Waals surface area contributed by atoms with Gasteiger partial charge in [0, 0.05) is 24.1 Å². The zero-order valence-electron chi connectivity index (χ0n) is 10.7. The Morgan fingerprint density at radius 3 is 2.50 bits per heavy atom. The molecule has 0 radical (unpaired) electrons. The molecule has 0 unspecified atom stereocenters. The van der Waals surface area contributed by atoms with E-state index in [1.54, 1.807) is 47.2 Å². The van der Waals surface area contributed by atoms with Crippen LogP contribution in [0.25, 0.3) is 16.8 Å². The first kappa shape index (κ1) is 12.6. The minimum atomic E-state index is -3.20. The second-order valence-corrected chi connectivity index (χ2v) is 6.47. The molecule has 102 valence electrons. The number of fused-ring (bicyclic) bond motifs is 1. The van der Waals surface area contributed by atoms with Crippen LogP contribution in [0.2, 0.25) is 0 Å². The van der Waals surface area contributed by atoms with Crippen LogP contribution in [0.15, 0.2) is 47.6 Å². The van der Waals surface area contributed by atoms with Gasteiger partial charge in [-0.25, -0.2) is 13.4 Å². The molecule has 2 heterocycles. The molecule has 0 saturated carbocycles. The van der Waals surface area contributed by atoms with Gasteiger partial charge in [-0.3, -0.25) is 0 Å². The van der Waals surface area contributed by atoms with E-state index in [-0.39, 0.29) is 4.90 Å². The lowest BCUT2D eigenvalue weighted by Gasteiger charge is -2.07. The van der Waals surface area contributed by atoms with Gasteiger partial charge in [-0.1, -0.05) is 12.1 Å². The fourth-order valence-corrected chi connectivity index (χ4v) is 2.63. The molecule has 6 nitrogen and oxygen atoms in total. The molecule has 0 atom stereocenters. The lowest BCUT2D eigenvalue weighted by Crippen LogP contribution is -2.02. The normalized spacial score (nSPS) is 11.8. The summed E-state index contributed by atoms with van der Waals surface area (Å²) in [4.78, 5) is 4.52. The molecular formula is C13H12N4O2S. The predicted molar refractivity (Wildman–Crippen MR) is 75.9 cm³/mol. The summed E-state index contributed by atoms with van der Waals surface area (Å²) >= 11 is 0. The monoisotopic (exact) mass is 288 g/mol. The van der Waals surface area contributed by atoms with Crippen LogP contribution in [-0.2, 0) is 9.84 Å². The topological polar surface area (TPSA) is 90.3 Å². The summed E-state index contributed by atoms with van der Waals surface area (Å²) in [5.74, 6) is 0.465. The fourth-order valence-electron chi connectivity index (χ4n) is 1.99. The van der Waals surface area contributed by atoms with E-state index < -0.39 is 9.84 Å². The van der Waals surface area contributed by atoms with Gasteiger partial charge in [-0.05, 0) is 17.7 Å².